The summed E-state index contributed by atoms with van der Waals surface area (Å²) in [5, 5.41) is 0. The van der Waals surface area contributed by atoms with Gasteiger partial charge in [-0.2, -0.15) is 0 Å². The number of hydrogen-bond acceptors (Lipinski definition) is 4. The highest BCUT2D eigenvalue weighted by Gasteiger charge is 2.25. The summed E-state index contributed by atoms with van der Waals surface area (Å²) in [6.07, 6.45) is 0. The predicted octanol–water partition coefficient (Wildman–Crippen LogP) is 2.49. The van der Waals surface area contributed by atoms with Gasteiger partial charge in [-0.05, 0) is 45.0 Å². The minimum absolute atomic E-state index is 0.283. The summed E-state index contributed by atoms with van der Waals surface area (Å²) in [4.78, 5) is 5.03. The van der Waals surface area contributed by atoms with Crippen molar-refractivity contribution in [1.29, 1.82) is 0 Å². The van der Waals surface area contributed by atoms with Crippen LogP contribution in [0.3, 0.4) is 0 Å². The zero-order chi connectivity index (χ0) is 15.3. The molecule has 118 valence electrons. The van der Waals surface area contributed by atoms with Crippen molar-refractivity contribution in [3.05, 3.63) is 24.3 Å². The maximum Gasteiger partial charge on any atom is 0.119 e. The Kier molecular flexibility index (Phi) is 5.48. The first-order valence-corrected chi connectivity index (χ1v) is 7.73. The van der Waals surface area contributed by atoms with E-state index in [1.54, 1.807) is 7.11 Å². The maximum atomic E-state index is 5.79. The molecule has 1 aliphatic rings. The van der Waals surface area contributed by atoms with Crippen LogP contribution in [-0.4, -0.2) is 61.8 Å². The van der Waals surface area contributed by atoms with Gasteiger partial charge in [-0.1, -0.05) is 0 Å². The van der Waals surface area contributed by atoms with Gasteiger partial charge in [0, 0.05) is 38.3 Å². The Bertz CT molecular complexity index is 417. The van der Waals surface area contributed by atoms with Gasteiger partial charge < -0.3 is 9.47 Å². The summed E-state index contributed by atoms with van der Waals surface area (Å²) >= 11 is 0. The van der Waals surface area contributed by atoms with Gasteiger partial charge in [0.25, 0.3) is 0 Å². The first kappa shape index (κ1) is 16.1. The molecular weight excluding hydrogens is 264 g/mol. The Labute approximate surface area is 128 Å². The lowest BCUT2D eigenvalue weighted by Gasteiger charge is -2.42. The first-order chi connectivity index (χ1) is 9.99. The third kappa shape index (κ3) is 4.90. The highest BCUT2D eigenvalue weighted by molar-refractivity contribution is 5.31. The number of piperazine rings is 1. The average Bonchev–Trinajstić information content (AvgIpc) is 2.47. The average molecular weight is 292 g/mol. The van der Waals surface area contributed by atoms with Crippen LogP contribution in [0.15, 0.2) is 24.3 Å². The molecule has 4 nitrogen and oxygen atoms in total. The molecule has 0 radical (unpaired) electrons. The van der Waals surface area contributed by atoms with Crippen LogP contribution in [0.4, 0.5) is 0 Å². The van der Waals surface area contributed by atoms with Gasteiger partial charge in [-0.15, -0.1) is 0 Å². The SMILES string of the molecule is COc1ccc(OCCN2CCN(C(C)(C)C)CC2)cc1. The van der Waals surface area contributed by atoms with Gasteiger partial charge in [0.2, 0.25) is 0 Å². The second-order valence-corrected chi connectivity index (χ2v) is 6.52. The van der Waals surface area contributed by atoms with Crippen LogP contribution in [0, 0.1) is 0 Å². The molecular formula is C17H28N2O2. The monoisotopic (exact) mass is 292 g/mol. The third-order valence-electron chi connectivity index (χ3n) is 4.06. The molecule has 1 fully saturated rings. The van der Waals surface area contributed by atoms with Crippen LogP contribution in [-0.2, 0) is 0 Å². The van der Waals surface area contributed by atoms with E-state index in [0.717, 1.165) is 50.8 Å². The second kappa shape index (κ2) is 7.14. The van der Waals surface area contributed by atoms with Gasteiger partial charge in [0.05, 0.1) is 7.11 Å². The Hall–Kier alpha value is -1.26. The fraction of sp³-hybridized carbons (Fsp3) is 0.647. The molecule has 1 aromatic rings. The minimum Gasteiger partial charge on any atom is -0.497 e. The standard InChI is InChI=1S/C17H28N2O2/c1-17(2,3)19-11-9-18(10-12-19)13-14-21-16-7-5-15(20-4)6-8-16/h5-8H,9-14H2,1-4H3. The lowest BCUT2D eigenvalue weighted by atomic mass is 10.1. The molecule has 0 unspecified atom stereocenters. The normalized spacial score (nSPS) is 17.7. The van der Waals surface area contributed by atoms with Gasteiger partial charge in [0.15, 0.2) is 0 Å². The molecule has 0 bridgehead atoms. The predicted molar refractivity (Wildman–Crippen MR) is 86.3 cm³/mol. The largest absolute Gasteiger partial charge is 0.497 e. The molecule has 0 N–H and O–H groups in total. The molecule has 2 rings (SSSR count). The van der Waals surface area contributed by atoms with Gasteiger partial charge >= 0.3 is 0 Å². The second-order valence-electron chi connectivity index (χ2n) is 6.52. The zero-order valence-corrected chi connectivity index (χ0v) is 13.8. The Morgan fingerprint density at radius 3 is 2.05 bits per heavy atom. The third-order valence-corrected chi connectivity index (χ3v) is 4.06. The van der Waals surface area contributed by atoms with Crippen LogP contribution in [0.1, 0.15) is 20.8 Å². The molecule has 0 aliphatic carbocycles. The number of ether oxygens (including phenoxy) is 2. The molecule has 0 aromatic heterocycles. The van der Waals surface area contributed by atoms with E-state index >= 15 is 0 Å². The van der Waals surface area contributed by atoms with E-state index in [1.165, 1.54) is 0 Å². The van der Waals surface area contributed by atoms with Gasteiger partial charge in [0.1, 0.15) is 18.1 Å². The number of methoxy groups -OCH3 is 1. The Morgan fingerprint density at radius 1 is 0.952 bits per heavy atom. The summed E-state index contributed by atoms with van der Waals surface area (Å²) in [5.41, 5.74) is 0.283. The van der Waals surface area contributed by atoms with Crippen molar-refractivity contribution < 1.29 is 9.47 Å². The summed E-state index contributed by atoms with van der Waals surface area (Å²) in [6.45, 7) is 13.1. The molecule has 4 heteroatoms. The molecule has 0 saturated carbocycles. The van der Waals surface area contributed by atoms with Crippen molar-refractivity contribution in [3.8, 4) is 11.5 Å². The fourth-order valence-electron chi connectivity index (χ4n) is 2.61. The lowest BCUT2D eigenvalue weighted by Crippen LogP contribution is -2.53. The smallest absolute Gasteiger partial charge is 0.119 e. The number of rotatable bonds is 5. The van der Waals surface area contributed by atoms with E-state index in [1.807, 2.05) is 24.3 Å². The highest BCUT2D eigenvalue weighted by atomic mass is 16.5. The van der Waals surface area contributed by atoms with Crippen molar-refractivity contribution in [2.45, 2.75) is 26.3 Å². The van der Waals surface area contributed by atoms with E-state index < -0.39 is 0 Å². The fourth-order valence-corrected chi connectivity index (χ4v) is 2.61. The number of hydrogen-bond donors (Lipinski definition) is 0. The van der Waals surface area contributed by atoms with Crippen molar-refractivity contribution in [1.82, 2.24) is 9.80 Å². The molecule has 1 aliphatic heterocycles. The lowest BCUT2D eigenvalue weighted by molar-refractivity contribution is 0.0564. The molecule has 21 heavy (non-hydrogen) atoms. The highest BCUT2D eigenvalue weighted by Crippen LogP contribution is 2.18. The Morgan fingerprint density at radius 2 is 1.52 bits per heavy atom. The van der Waals surface area contributed by atoms with E-state index in [-0.39, 0.29) is 5.54 Å². The van der Waals surface area contributed by atoms with E-state index in [9.17, 15) is 0 Å². The minimum atomic E-state index is 0.283. The number of nitrogens with zero attached hydrogens (tertiary/aromatic N) is 2. The Balaban J connectivity index is 1.68. The first-order valence-electron chi connectivity index (χ1n) is 7.73. The van der Waals surface area contributed by atoms with E-state index in [4.69, 9.17) is 9.47 Å². The summed E-state index contributed by atoms with van der Waals surface area (Å²) in [5.74, 6) is 1.77. The molecule has 0 spiro atoms. The van der Waals surface area contributed by atoms with Crippen molar-refractivity contribution in [3.63, 3.8) is 0 Å². The molecule has 1 aromatic carbocycles. The topological polar surface area (TPSA) is 24.9 Å². The van der Waals surface area contributed by atoms with E-state index in [2.05, 4.69) is 30.6 Å². The van der Waals surface area contributed by atoms with Crippen molar-refractivity contribution >= 4 is 0 Å². The quantitative estimate of drug-likeness (QED) is 0.832. The summed E-state index contributed by atoms with van der Waals surface area (Å²) in [7, 11) is 1.67. The molecule has 0 amide bonds. The summed E-state index contributed by atoms with van der Waals surface area (Å²) in [6, 6.07) is 7.77. The van der Waals surface area contributed by atoms with Crippen LogP contribution < -0.4 is 9.47 Å². The molecule has 1 heterocycles. The summed E-state index contributed by atoms with van der Waals surface area (Å²) < 4.78 is 10.9. The van der Waals surface area contributed by atoms with Crippen LogP contribution in [0.2, 0.25) is 0 Å². The van der Waals surface area contributed by atoms with Gasteiger partial charge in [-0.25, -0.2) is 0 Å². The molecule has 0 atom stereocenters. The van der Waals surface area contributed by atoms with Crippen molar-refractivity contribution in [2.24, 2.45) is 0 Å². The number of benzene rings is 1. The maximum absolute atomic E-state index is 5.79. The molecule has 1 saturated heterocycles. The van der Waals surface area contributed by atoms with E-state index in [0.29, 0.717) is 0 Å². The van der Waals surface area contributed by atoms with Gasteiger partial charge in [-0.3, -0.25) is 9.80 Å². The van der Waals surface area contributed by atoms with Crippen LogP contribution in [0.5, 0.6) is 11.5 Å². The van der Waals surface area contributed by atoms with Crippen LogP contribution >= 0.6 is 0 Å². The van der Waals surface area contributed by atoms with Crippen LogP contribution in [0.25, 0.3) is 0 Å². The van der Waals surface area contributed by atoms with Crippen molar-refractivity contribution in [2.75, 3.05) is 46.4 Å². The zero-order valence-electron chi connectivity index (χ0n) is 13.8.